The molecule has 2 heterocycles. The average Bonchev–Trinajstić information content (AvgIpc) is 2.91. The number of halogens is 1. The van der Waals surface area contributed by atoms with Gasteiger partial charge in [-0.25, -0.2) is 4.39 Å². The van der Waals surface area contributed by atoms with E-state index in [0.29, 0.717) is 23.7 Å². The van der Waals surface area contributed by atoms with Gasteiger partial charge in [0, 0.05) is 79.6 Å². The van der Waals surface area contributed by atoms with Crippen LogP contribution in [0, 0.1) is 17.1 Å². The van der Waals surface area contributed by atoms with Crippen LogP contribution in [-0.4, -0.2) is 88.7 Å². The molecule has 0 radical (unpaired) electrons. The fourth-order valence-corrected chi connectivity index (χ4v) is 7.23. The van der Waals surface area contributed by atoms with E-state index in [4.69, 9.17) is 0 Å². The Bertz CT molecular complexity index is 1210. The van der Waals surface area contributed by atoms with E-state index in [0.717, 1.165) is 93.0 Å². The summed E-state index contributed by atoms with van der Waals surface area (Å²) >= 11 is 0. The van der Waals surface area contributed by atoms with Crippen molar-refractivity contribution in [2.75, 3.05) is 57.8 Å². The molecule has 5 rings (SSSR count). The molecule has 2 aromatic carbocycles. The van der Waals surface area contributed by atoms with E-state index in [-0.39, 0.29) is 17.6 Å². The maximum atomic E-state index is 13.7. The Labute approximate surface area is 227 Å². The number of hydrogen-bond acceptors (Lipinski definition) is 5. The molecule has 2 aromatic rings. The summed E-state index contributed by atoms with van der Waals surface area (Å²) in [6, 6.07) is 13.1. The third-order valence-electron chi connectivity index (χ3n) is 8.47. The molecule has 2 aliphatic heterocycles. The zero-order valence-corrected chi connectivity index (χ0v) is 23.0. The van der Waals surface area contributed by atoms with Crippen LogP contribution < -0.4 is 0 Å². The minimum absolute atomic E-state index is 0.0427. The predicted molar refractivity (Wildman–Crippen MR) is 148 cm³/mol. The summed E-state index contributed by atoms with van der Waals surface area (Å²) in [5.41, 5.74) is 4.47. The largest absolute Gasteiger partial charge is 0.341 e. The summed E-state index contributed by atoms with van der Waals surface area (Å²) in [6.07, 6.45) is 4.82. The number of carbonyl (C=O) groups is 1. The number of benzene rings is 2. The fraction of sp³-hybridized carbons (Fsp3) is 0.533. The van der Waals surface area contributed by atoms with E-state index < -0.39 is 10.8 Å². The quantitative estimate of drug-likeness (QED) is 0.516. The van der Waals surface area contributed by atoms with Crippen LogP contribution >= 0.6 is 0 Å². The molecule has 3 aliphatic rings. The van der Waals surface area contributed by atoms with E-state index in [1.165, 1.54) is 12.1 Å². The van der Waals surface area contributed by atoms with Crippen molar-refractivity contribution in [2.45, 2.75) is 44.1 Å². The van der Waals surface area contributed by atoms with Gasteiger partial charge >= 0.3 is 0 Å². The zero-order chi connectivity index (χ0) is 26.6. The molecular weight excluding hydrogens is 499 g/mol. The molecule has 0 saturated carbocycles. The molecule has 1 amide bonds. The van der Waals surface area contributed by atoms with Crippen LogP contribution in [0.1, 0.15) is 57.8 Å². The van der Waals surface area contributed by atoms with Crippen molar-refractivity contribution < 1.29 is 13.4 Å². The van der Waals surface area contributed by atoms with Crippen molar-refractivity contribution in [3.05, 3.63) is 70.0 Å². The highest BCUT2D eigenvalue weighted by Crippen LogP contribution is 2.29. The van der Waals surface area contributed by atoms with E-state index in [1.807, 2.05) is 25.2 Å². The summed E-state index contributed by atoms with van der Waals surface area (Å²) in [6.45, 7) is 5.33. The van der Waals surface area contributed by atoms with Gasteiger partial charge in [0.15, 0.2) is 0 Å². The molecule has 1 atom stereocenters. The van der Waals surface area contributed by atoms with Crippen molar-refractivity contribution in [3.63, 3.8) is 0 Å². The number of rotatable bonds is 8. The first-order valence-electron chi connectivity index (χ1n) is 13.8. The van der Waals surface area contributed by atoms with Gasteiger partial charge in [-0.3, -0.25) is 13.9 Å². The van der Waals surface area contributed by atoms with Crippen LogP contribution in [0.15, 0.2) is 36.4 Å². The first-order valence-corrected chi connectivity index (χ1v) is 15.3. The lowest BCUT2D eigenvalue weighted by Gasteiger charge is -2.47. The highest BCUT2D eigenvalue weighted by Gasteiger charge is 2.33. The monoisotopic (exact) mass is 536 g/mol. The third kappa shape index (κ3) is 6.17. The molecule has 2 fully saturated rings. The first-order chi connectivity index (χ1) is 18.4. The maximum Gasteiger partial charge on any atom is 0.253 e. The van der Waals surface area contributed by atoms with Crippen molar-refractivity contribution in [1.82, 2.24) is 14.7 Å². The van der Waals surface area contributed by atoms with Crippen LogP contribution in [0.3, 0.4) is 0 Å². The van der Waals surface area contributed by atoms with Gasteiger partial charge in [-0.2, -0.15) is 5.26 Å². The van der Waals surface area contributed by atoms with Crippen LogP contribution in [0.25, 0.3) is 0 Å². The molecule has 202 valence electrons. The van der Waals surface area contributed by atoms with Crippen LogP contribution in [0.2, 0.25) is 0 Å². The Balaban J connectivity index is 1.25. The number of aryl methyl sites for hydroxylation is 1. The summed E-state index contributed by atoms with van der Waals surface area (Å²) in [5.74, 6) is 1.34. The molecule has 0 bridgehead atoms. The topological polar surface area (TPSA) is 67.7 Å². The van der Waals surface area contributed by atoms with Crippen LogP contribution in [-0.2, 0) is 23.6 Å². The number of nitriles is 1. The van der Waals surface area contributed by atoms with Gasteiger partial charge in [0.05, 0.1) is 11.6 Å². The molecule has 0 unspecified atom stereocenters. The van der Waals surface area contributed by atoms with Crippen molar-refractivity contribution >= 4 is 16.7 Å². The maximum absolute atomic E-state index is 13.7. The van der Waals surface area contributed by atoms with Gasteiger partial charge in [-0.15, -0.1) is 0 Å². The highest BCUT2D eigenvalue weighted by atomic mass is 32.2. The number of hydrogen-bond donors (Lipinski definition) is 0. The molecule has 6 nitrogen and oxygen atoms in total. The number of fused-ring (bicyclic) bond motifs is 1. The molecule has 38 heavy (non-hydrogen) atoms. The average molecular weight is 537 g/mol. The SMILES string of the molecule is CN(C[C@@H](CCN1CC(N2CCS(=O)CC2)C1)c1ccc(F)cc1)C(=O)c1cc(C#N)cc2c1CCCC2. The normalized spacial score (nSPS) is 19.8. The lowest BCUT2D eigenvalue weighted by molar-refractivity contribution is 0.0367. The second kappa shape index (κ2) is 12.1. The molecular formula is C30H37FN4O2S. The van der Waals surface area contributed by atoms with Crippen molar-refractivity contribution in [3.8, 4) is 6.07 Å². The smallest absolute Gasteiger partial charge is 0.253 e. The van der Waals surface area contributed by atoms with Gasteiger partial charge in [0.1, 0.15) is 5.82 Å². The second-order valence-corrected chi connectivity index (χ2v) is 12.7. The first kappa shape index (κ1) is 27.0. The standard InChI is InChI=1S/C30H37FN4O2S/c1-33(30(36)29-17-22(18-32)16-24-4-2-3-5-28(24)29)19-25(23-6-8-26(31)9-7-23)10-11-34-20-27(21-34)35-12-14-38(37)15-13-35/h6-9,16-17,25,27H,2-5,10-15,19-21H2,1H3/t25-/m1/s1. The minimum Gasteiger partial charge on any atom is -0.341 e. The zero-order valence-electron chi connectivity index (χ0n) is 22.2. The highest BCUT2D eigenvalue weighted by molar-refractivity contribution is 7.85. The Morgan fingerprint density at radius 3 is 2.58 bits per heavy atom. The summed E-state index contributed by atoms with van der Waals surface area (Å²) in [7, 11) is 1.19. The molecule has 8 heteroatoms. The van der Waals surface area contributed by atoms with Gasteiger partial charge in [-0.1, -0.05) is 12.1 Å². The van der Waals surface area contributed by atoms with Crippen molar-refractivity contribution in [2.24, 2.45) is 0 Å². The van der Waals surface area contributed by atoms with E-state index in [9.17, 15) is 18.7 Å². The Morgan fingerprint density at radius 2 is 1.87 bits per heavy atom. The molecule has 0 N–H and O–H groups in total. The van der Waals surface area contributed by atoms with E-state index in [2.05, 4.69) is 15.9 Å². The predicted octanol–water partition coefficient (Wildman–Crippen LogP) is 3.57. The molecule has 0 spiro atoms. The lowest BCUT2D eigenvalue weighted by atomic mass is 9.86. The Kier molecular flexibility index (Phi) is 8.57. The fourth-order valence-electron chi connectivity index (χ4n) is 6.15. The third-order valence-corrected chi connectivity index (χ3v) is 9.74. The summed E-state index contributed by atoms with van der Waals surface area (Å²) in [4.78, 5) is 20.4. The number of amides is 1. The molecule has 1 aliphatic carbocycles. The number of nitrogens with zero attached hydrogens (tertiary/aromatic N) is 4. The molecule has 2 saturated heterocycles. The van der Waals surface area contributed by atoms with E-state index in [1.54, 1.807) is 11.0 Å². The van der Waals surface area contributed by atoms with E-state index >= 15 is 0 Å². The summed E-state index contributed by atoms with van der Waals surface area (Å²) < 4.78 is 25.4. The van der Waals surface area contributed by atoms with Gasteiger partial charge in [0.25, 0.3) is 5.91 Å². The molecule has 0 aromatic heterocycles. The summed E-state index contributed by atoms with van der Waals surface area (Å²) in [5, 5.41) is 9.54. The van der Waals surface area contributed by atoms with Gasteiger partial charge < -0.3 is 9.80 Å². The Hall–Kier alpha value is -2.60. The van der Waals surface area contributed by atoms with Gasteiger partial charge in [-0.05, 0) is 79.6 Å². The Morgan fingerprint density at radius 1 is 1.16 bits per heavy atom. The number of likely N-dealkylation sites (tertiary alicyclic amines) is 1. The minimum atomic E-state index is -0.653. The van der Waals surface area contributed by atoms with Crippen LogP contribution in [0.4, 0.5) is 4.39 Å². The second-order valence-electron chi connectivity index (χ2n) is 11.0. The lowest BCUT2D eigenvalue weighted by Crippen LogP contribution is -2.61. The van der Waals surface area contributed by atoms with Crippen molar-refractivity contribution in [1.29, 1.82) is 5.26 Å². The van der Waals surface area contributed by atoms with Crippen LogP contribution in [0.5, 0.6) is 0 Å². The van der Waals surface area contributed by atoms with Gasteiger partial charge in [0.2, 0.25) is 0 Å². The number of carbonyl (C=O) groups excluding carboxylic acids is 1. The number of likely N-dealkylation sites (N-methyl/N-ethyl adjacent to an activating group) is 1.